The number of hydrogen-bond donors (Lipinski definition) is 2. The highest BCUT2D eigenvalue weighted by molar-refractivity contribution is 7.38. The van der Waals surface area contributed by atoms with Crippen LogP contribution in [0.25, 0.3) is 0 Å². The molecule has 0 heterocycles. The van der Waals surface area contributed by atoms with E-state index in [0.717, 1.165) is 0 Å². The molecule has 0 amide bonds. The molecule has 0 saturated heterocycles. The maximum absolute atomic E-state index is 8.40. The first-order valence-electron chi connectivity index (χ1n) is 1.79. The summed E-state index contributed by atoms with van der Waals surface area (Å²) in [4.78, 5) is 0. The first-order chi connectivity index (χ1) is 2.77. The third-order valence-electron chi connectivity index (χ3n) is 0.387. The Morgan fingerprint density at radius 3 is 2.33 bits per heavy atom. The van der Waals surface area contributed by atoms with Gasteiger partial charge in [0, 0.05) is 0 Å². The standard InChI is InChI=1S/C3H9O2P/c1-3(5)6-2-4/h3-6H,2H2,1H3. The fourth-order valence-corrected chi connectivity index (χ4v) is 0.396. The monoisotopic (exact) mass is 108 g/mol. The van der Waals surface area contributed by atoms with Crippen LogP contribution in [0.15, 0.2) is 0 Å². The molecule has 0 radical (unpaired) electrons. The van der Waals surface area contributed by atoms with Gasteiger partial charge in [-0.25, -0.2) is 0 Å². The molecule has 0 aromatic rings. The Bertz CT molecular complexity index is 30.0. The van der Waals surface area contributed by atoms with Crippen molar-refractivity contribution < 1.29 is 10.2 Å². The number of hydrogen-bond acceptors (Lipinski definition) is 2. The lowest BCUT2D eigenvalue weighted by atomic mass is 10.9. The van der Waals surface area contributed by atoms with E-state index in [1.165, 1.54) is 0 Å². The third kappa shape index (κ3) is 4.35. The lowest BCUT2D eigenvalue weighted by Crippen LogP contribution is -1.88. The summed E-state index contributed by atoms with van der Waals surface area (Å²) in [5.41, 5.74) is 0. The molecule has 38 valence electrons. The van der Waals surface area contributed by atoms with Gasteiger partial charge >= 0.3 is 0 Å². The SMILES string of the molecule is CC(O)PCO. The molecule has 2 N–H and O–H groups in total. The van der Waals surface area contributed by atoms with Crippen LogP contribution in [-0.4, -0.2) is 22.4 Å². The van der Waals surface area contributed by atoms with Gasteiger partial charge in [-0.05, 0) is 6.92 Å². The van der Waals surface area contributed by atoms with Crippen molar-refractivity contribution in [3.05, 3.63) is 0 Å². The Balaban J connectivity index is 2.63. The van der Waals surface area contributed by atoms with Gasteiger partial charge in [-0.3, -0.25) is 0 Å². The summed E-state index contributed by atoms with van der Waals surface area (Å²) in [6, 6.07) is 0. The minimum absolute atomic E-state index is 0.109. The van der Waals surface area contributed by atoms with Crippen LogP contribution >= 0.6 is 8.58 Å². The molecule has 2 atom stereocenters. The summed E-state index contributed by atoms with van der Waals surface area (Å²) in [5.74, 6) is -0.324. The summed E-state index contributed by atoms with van der Waals surface area (Å²) in [7, 11) is 0.282. The van der Waals surface area contributed by atoms with Gasteiger partial charge in [0.15, 0.2) is 0 Å². The molecule has 0 aromatic heterocycles. The van der Waals surface area contributed by atoms with Crippen LogP contribution in [0.4, 0.5) is 0 Å². The van der Waals surface area contributed by atoms with Crippen molar-refractivity contribution in [1.82, 2.24) is 0 Å². The highest BCUT2D eigenvalue weighted by atomic mass is 31.1. The highest BCUT2D eigenvalue weighted by Gasteiger charge is 1.87. The normalized spacial score (nSPS) is 16.5. The van der Waals surface area contributed by atoms with E-state index in [0.29, 0.717) is 0 Å². The molecule has 0 aliphatic rings. The van der Waals surface area contributed by atoms with Gasteiger partial charge in [0.05, 0.1) is 12.2 Å². The summed E-state index contributed by atoms with van der Waals surface area (Å²) < 4.78 is 0. The van der Waals surface area contributed by atoms with Crippen molar-refractivity contribution in [3.63, 3.8) is 0 Å². The molecule has 0 spiro atoms. The molecule has 0 fully saturated rings. The first kappa shape index (κ1) is 6.35. The molecule has 6 heavy (non-hydrogen) atoms. The average molecular weight is 108 g/mol. The summed E-state index contributed by atoms with van der Waals surface area (Å²) in [6.45, 7) is 1.66. The predicted octanol–water partition coefficient (Wildman–Crippen LogP) is -0.0470. The molecule has 2 nitrogen and oxygen atoms in total. The van der Waals surface area contributed by atoms with Crippen LogP contribution < -0.4 is 0 Å². The van der Waals surface area contributed by atoms with Crippen molar-refractivity contribution in [1.29, 1.82) is 0 Å². The zero-order valence-electron chi connectivity index (χ0n) is 3.68. The molecule has 0 rings (SSSR count). The summed E-state index contributed by atoms with van der Waals surface area (Å²) >= 11 is 0. The van der Waals surface area contributed by atoms with Crippen molar-refractivity contribution in [2.24, 2.45) is 0 Å². The molecule has 0 bridgehead atoms. The molecular weight excluding hydrogens is 99.0 g/mol. The number of aliphatic hydroxyl groups excluding tert-OH is 2. The lowest BCUT2D eigenvalue weighted by molar-refractivity contribution is 0.274. The summed E-state index contributed by atoms with van der Waals surface area (Å²) in [5, 5.41) is 16.5. The summed E-state index contributed by atoms with van der Waals surface area (Å²) in [6.07, 6.45) is 0.109. The fourth-order valence-electron chi connectivity index (χ4n) is 0.132. The second kappa shape index (κ2) is 3.54. The van der Waals surface area contributed by atoms with Gasteiger partial charge in [-0.1, -0.05) is 8.58 Å². The average Bonchev–Trinajstić information content (AvgIpc) is 1.35. The van der Waals surface area contributed by atoms with Gasteiger partial charge in [0.25, 0.3) is 0 Å². The first-order valence-corrected chi connectivity index (χ1v) is 3.08. The van der Waals surface area contributed by atoms with Gasteiger partial charge in [0.1, 0.15) is 0 Å². The smallest absolute Gasteiger partial charge is 0.0696 e. The molecule has 2 unspecified atom stereocenters. The van der Waals surface area contributed by atoms with Crippen molar-refractivity contribution in [3.8, 4) is 0 Å². The Hall–Kier alpha value is 0.350. The van der Waals surface area contributed by atoms with Crippen LogP contribution in [0, 0.1) is 0 Å². The van der Waals surface area contributed by atoms with Gasteiger partial charge in [-0.15, -0.1) is 0 Å². The second-order valence-electron chi connectivity index (χ2n) is 1.04. The third-order valence-corrected chi connectivity index (χ3v) is 1.16. The Labute approximate surface area is 39.0 Å². The van der Waals surface area contributed by atoms with Crippen LogP contribution in [0.3, 0.4) is 0 Å². The van der Waals surface area contributed by atoms with Crippen molar-refractivity contribution in [2.75, 3.05) is 6.35 Å². The van der Waals surface area contributed by atoms with Crippen LogP contribution in [0.1, 0.15) is 6.92 Å². The molecular formula is C3H9O2P. The number of aliphatic hydroxyl groups is 2. The lowest BCUT2D eigenvalue weighted by Gasteiger charge is -1.95. The van der Waals surface area contributed by atoms with Gasteiger partial charge < -0.3 is 10.2 Å². The van der Waals surface area contributed by atoms with Crippen molar-refractivity contribution in [2.45, 2.75) is 12.8 Å². The van der Waals surface area contributed by atoms with E-state index in [1.54, 1.807) is 6.92 Å². The second-order valence-corrected chi connectivity index (χ2v) is 2.60. The number of rotatable bonds is 2. The molecule has 0 saturated carbocycles. The van der Waals surface area contributed by atoms with E-state index in [-0.39, 0.29) is 20.8 Å². The minimum Gasteiger partial charge on any atom is -0.392 e. The zero-order valence-corrected chi connectivity index (χ0v) is 4.68. The molecule has 0 aromatic carbocycles. The largest absolute Gasteiger partial charge is 0.392 e. The molecule has 0 aliphatic carbocycles. The zero-order chi connectivity index (χ0) is 4.99. The Morgan fingerprint density at radius 2 is 2.33 bits per heavy atom. The van der Waals surface area contributed by atoms with E-state index in [2.05, 4.69) is 0 Å². The topological polar surface area (TPSA) is 40.5 Å². The maximum Gasteiger partial charge on any atom is 0.0696 e. The fraction of sp³-hybridized carbons (Fsp3) is 1.00. The Kier molecular flexibility index (Phi) is 3.74. The minimum atomic E-state index is -0.324. The Morgan fingerprint density at radius 1 is 1.83 bits per heavy atom. The molecule has 3 heteroatoms. The van der Waals surface area contributed by atoms with Crippen LogP contribution in [-0.2, 0) is 0 Å². The van der Waals surface area contributed by atoms with E-state index in [4.69, 9.17) is 10.2 Å². The van der Waals surface area contributed by atoms with Gasteiger partial charge in [0.2, 0.25) is 0 Å². The highest BCUT2D eigenvalue weighted by Crippen LogP contribution is 2.11. The van der Waals surface area contributed by atoms with E-state index >= 15 is 0 Å². The van der Waals surface area contributed by atoms with E-state index < -0.39 is 0 Å². The van der Waals surface area contributed by atoms with E-state index in [1.807, 2.05) is 0 Å². The van der Waals surface area contributed by atoms with Crippen molar-refractivity contribution >= 4 is 8.58 Å². The van der Waals surface area contributed by atoms with E-state index in [9.17, 15) is 0 Å². The molecule has 0 aliphatic heterocycles. The quantitative estimate of drug-likeness (QED) is 0.487. The maximum atomic E-state index is 8.40. The van der Waals surface area contributed by atoms with Gasteiger partial charge in [-0.2, -0.15) is 0 Å². The predicted molar refractivity (Wildman–Crippen MR) is 27.1 cm³/mol. The van der Waals surface area contributed by atoms with Crippen LogP contribution in [0.5, 0.6) is 0 Å². The van der Waals surface area contributed by atoms with Crippen LogP contribution in [0.2, 0.25) is 0 Å².